The average Bonchev–Trinajstić information content (AvgIpc) is 2.93. The van der Waals surface area contributed by atoms with Gasteiger partial charge in [-0.05, 0) is 65.4 Å². The molecule has 3 aromatic carbocycles. The number of fused-ring (bicyclic) bond motifs is 2. The quantitative estimate of drug-likeness (QED) is 0.346. The lowest BCUT2D eigenvalue weighted by Crippen LogP contribution is -2.12. The standard InChI is InChI=1S/C29H19N5O/c35-29(32-22-13-11-19-7-1-2-8-20(19)17-22)21-12-14-23-26(18-21)34-28(25-10-4-6-16-31-25)27(33-23)24-9-3-5-15-30-24/h1-18H,(H,32,35). The van der Waals surface area contributed by atoms with Gasteiger partial charge < -0.3 is 5.32 Å². The fraction of sp³-hybridized carbons (Fsp3) is 0. The zero-order valence-corrected chi connectivity index (χ0v) is 18.6. The fourth-order valence-corrected chi connectivity index (χ4v) is 4.03. The van der Waals surface area contributed by atoms with Crippen molar-refractivity contribution in [3.05, 3.63) is 115 Å². The van der Waals surface area contributed by atoms with Gasteiger partial charge in [0.1, 0.15) is 11.4 Å². The van der Waals surface area contributed by atoms with Crippen LogP contribution in [0.2, 0.25) is 0 Å². The van der Waals surface area contributed by atoms with E-state index in [0.29, 0.717) is 39.4 Å². The van der Waals surface area contributed by atoms with Gasteiger partial charge in [0.2, 0.25) is 0 Å². The summed E-state index contributed by atoms with van der Waals surface area (Å²) in [5, 5.41) is 5.18. The highest BCUT2D eigenvalue weighted by atomic mass is 16.1. The minimum absolute atomic E-state index is 0.211. The van der Waals surface area contributed by atoms with Crippen molar-refractivity contribution < 1.29 is 4.79 Å². The van der Waals surface area contributed by atoms with E-state index in [9.17, 15) is 4.79 Å². The molecule has 6 nitrogen and oxygen atoms in total. The number of hydrogen-bond donors (Lipinski definition) is 1. The first-order valence-electron chi connectivity index (χ1n) is 11.2. The molecule has 0 fully saturated rings. The summed E-state index contributed by atoms with van der Waals surface area (Å²) < 4.78 is 0. The molecule has 6 rings (SSSR count). The molecule has 0 aliphatic heterocycles. The van der Waals surface area contributed by atoms with Gasteiger partial charge in [-0.1, -0.05) is 42.5 Å². The Kier molecular flexibility index (Phi) is 5.16. The Morgan fingerprint density at radius 2 is 1.26 bits per heavy atom. The van der Waals surface area contributed by atoms with Gasteiger partial charge >= 0.3 is 0 Å². The number of nitrogens with zero attached hydrogens (tertiary/aromatic N) is 4. The van der Waals surface area contributed by atoms with E-state index in [-0.39, 0.29) is 5.91 Å². The Bertz CT molecular complexity index is 1680. The fourth-order valence-electron chi connectivity index (χ4n) is 4.03. The summed E-state index contributed by atoms with van der Waals surface area (Å²) in [7, 11) is 0. The maximum Gasteiger partial charge on any atom is 0.255 e. The van der Waals surface area contributed by atoms with Gasteiger partial charge in [0, 0.05) is 23.6 Å². The van der Waals surface area contributed by atoms with Gasteiger partial charge in [-0.15, -0.1) is 0 Å². The van der Waals surface area contributed by atoms with Crippen LogP contribution in [0.3, 0.4) is 0 Å². The van der Waals surface area contributed by atoms with Crippen molar-refractivity contribution in [2.45, 2.75) is 0 Å². The molecule has 1 N–H and O–H groups in total. The number of rotatable bonds is 4. The van der Waals surface area contributed by atoms with E-state index in [1.807, 2.05) is 84.9 Å². The van der Waals surface area contributed by atoms with Gasteiger partial charge in [-0.2, -0.15) is 0 Å². The number of carbonyl (C=O) groups is 1. The van der Waals surface area contributed by atoms with Crippen molar-refractivity contribution >= 4 is 33.4 Å². The number of anilines is 1. The van der Waals surface area contributed by atoms with Crippen molar-refractivity contribution in [1.82, 2.24) is 19.9 Å². The summed E-state index contributed by atoms with van der Waals surface area (Å²) >= 11 is 0. The topological polar surface area (TPSA) is 80.7 Å². The average molecular weight is 454 g/mol. The van der Waals surface area contributed by atoms with Gasteiger partial charge in [0.05, 0.1) is 22.4 Å². The third-order valence-electron chi connectivity index (χ3n) is 5.75. The molecule has 3 heterocycles. The van der Waals surface area contributed by atoms with Crippen molar-refractivity contribution in [2.24, 2.45) is 0 Å². The lowest BCUT2D eigenvalue weighted by atomic mass is 10.1. The maximum atomic E-state index is 13.1. The molecular weight excluding hydrogens is 434 g/mol. The van der Waals surface area contributed by atoms with Crippen molar-refractivity contribution in [3.63, 3.8) is 0 Å². The molecule has 1 amide bonds. The second-order valence-electron chi connectivity index (χ2n) is 8.07. The van der Waals surface area contributed by atoms with Crippen molar-refractivity contribution in [3.8, 4) is 22.8 Å². The van der Waals surface area contributed by atoms with Crippen LogP contribution in [0, 0.1) is 0 Å². The first kappa shape index (κ1) is 20.6. The summed E-state index contributed by atoms with van der Waals surface area (Å²) in [6, 6.07) is 30.6. The highest BCUT2D eigenvalue weighted by Gasteiger charge is 2.16. The number of nitrogens with one attached hydrogen (secondary N) is 1. The van der Waals surface area contributed by atoms with Crippen LogP contribution >= 0.6 is 0 Å². The molecule has 0 radical (unpaired) electrons. The molecule has 0 aliphatic rings. The number of carbonyl (C=O) groups excluding carboxylic acids is 1. The molecule has 0 unspecified atom stereocenters. The molecule has 6 aromatic rings. The lowest BCUT2D eigenvalue weighted by molar-refractivity contribution is 0.102. The molecule has 166 valence electrons. The Morgan fingerprint density at radius 3 is 1.94 bits per heavy atom. The second kappa shape index (κ2) is 8.76. The summed E-state index contributed by atoms with van der Waals surface area (Å²) in [4.78, 5) is 31.7. The molecule has 6 heteroatoms. The summed E-state index contributed by atoms with van der Waals surface area (Å²) in [5.74, 6) is -0.211. The molecule has 0 saturated carbocycles. The number of pyridine rings is 2. The van der Waals surface area contributed by atoms with Crippen LogP contribution in [0.25, 0.3) is 44.6 Å². The normalized spacial score (nSPS) is 11.0. The van der Waals surface area contributed by atoms with E-state index in [1.54, 1.807) is 24.5 Å². The zero-order valence-electron chi connectivity index (χ0n) is 18.6. The van der Waals surface area contributed by atoms with Crippen molar-refractivity contribution in [1.29, 1.82) is 0 Å². The van der Waals surface area contributed by atoms with Crippen LogP contribution in [-0.4, -0.2) is 25.8 Å². The van der Waals surface area contributed by atoms with E-state index in [1.165, 1.54) is 0 Å². The Labute approximate surface area is 201 Å². The van der Waals surface area contributed by atoms with E-state index in [4.69, 9.17) is 9.97 Å². The van der Waals surface area contributed by atoms with Crippen molar-refractivity contribution in [2.75, 3.05) is 5.32 Å². The number of benzene rings is 3. The smallest absolute Gasteiger partial charge is 0.255 e. The second-order valence-corrected chi connectivity index (χ2v) is 8.07. The number of aromatic nitrogens is 4. The largest absolute Gasteiger partial charge is 0.322 e. The van der Waals surface area contributed by atoms with Gasteiger partial charge in [-0.25, -0.2) is 9.97 Å². The third-order valence-corrected chi connectivity index (χ3v) is 5.75. The molecule has 3 aromatic heterocycles. The molecule has 0 spiro atoms. The zero-order chi connectivity index (χ0) is 23.6. The van der Waals surface area contributed by atoms with Crippen LogP contribution in [-0.2, 0) is 0 Å². The summed E-state index contributed by atoms with van der Waals surface area (Å²) in [6.45, 7) is 0. The molecule has 0 bridgehead atoms. The first-order chi connectivity index (χ1) is 17.2. The highest BCUT2D eigenvalue weighted by Crippen LogP contribution is 2.29. The Morgan fingerprint density at radius 1 is 0.600 bits per heavy atom. The summed E-state index contributed by atoms with van der Waals surface area (Å²) in [5.41, 5.74) is 5.17. The van der Waals surface area contributed by atoms with Crippen LogP contribution in [0.5, 0.6) is 0 Å². The molecule has 0 saturated heterocycles. The Hall–Kier alpha value is -4.97. The lowest BCUT2D eigenvalue weighted by Gasteiger charge is -2.11. The van der Waals surface area contributed by atoms with Gasteiger partial charge in [0.25, 0.3) is 5.91 Å². The van der Waals surface area contributed by atoms with Crippen LogP contribution in [0.15, 0.2) is 109 Å². The molecule has 35 heavy (non-hydrogen) atoms. The minimum atomic E-state index is -0.211. The predicted octanol–water partition coefficient (Wildman–Crippen LogP) is 6.16. The van der Waals surface area contributed by atoms with Crippen LogP contribution in [0.4, 0.5) is 5.69 Å². The van der Waals surface area contributed by atoms with E-state index in [0.717, 1.165) is 16.5 Å². The van der Waals surface area contributed by atoms with Gasteiger partial charge in [-0.3, -0.25) is 14.8 Å². The summed E-state index contributed by atoms with van der Waals surface area (Å²) in [6.07, 6.45) is 3.44. The van der Waals surface area contributed by atoms with E-state index >= 15 is 0 Å². The third kappa shape index (κ3) is 4.09. The monoisotopic (exact) mass is 453 g/mol. The molecule has 0 aliphatic carbocycles. The SMILES string of the molecule is O=C(Nc1ccc2ccccc2c1)c1ccc2nc(-c3ccccn3)c(-c3ccccn3)nc2c1. The number of hydrogen-bond acceptors (Lipinski definition) is 5. The van der Waals surface area contributed by atoms with E-state index in [2.05, 4.69) is 15.3 Å². The Balaban J connectivity index is 1.40. The minimum Gasteiger partial charge on any atom is -0.322 e. The molecular formula is C29H19N5O. The highest BCUT2D eigenvalue weighted by molar-refractivity contribution is 6.07. The molecule has 0 atom stereocenters. The van der Waals surface area contributed by atoms with Gasteiger partial charge in [0.15, 0.2) is 0 Å². The maximum absolute atomic E-state index is 13.1. The first-order valence-corrected chi connectivity index (χ1v) is 11.2. The van der Waals surface area contributed by atoms with E-state index < -0.39 is 0 Å². The van der Waals surface area contributed by atoms with Crippen LogP contribution in [0.1, 0.15) is 10.4 Å². The number of amides is 1. The predicted molar refractivity (Wildman–Crippen MR) is 138 cm³/mol. The van der Waals surface area contributed by atoms with Crippen LogP contribution < -0.4 is 5.32 Å².